The van der Waals surface area contributed by atoms with Gasteiger partial charge in [0.1, 0.15) is 17.9 Å². The molecule has 1 aliphatic rings. The number of aliphatic imine (C=N–C) groups is 1. The van der Waals surface area contributed by atoms with Gasteiger partial charge in [-0.3, -0.25) is 9.69 Å². The van der Waals surface area contributed by atoms with Crippen LogP contribution in [0.25, 0.3) is 17.1 Å². The third-order valence-corrected chi connectivity index (χ3v) is 7.58. The Hall–Kier alpha value is -4.65. The highest BCUT2D eigenvalue weighted by Crippen LogP contribution is 2.34. The molecule has 228 valence electrons. The number of nitrogens with zero attached hydrogens (tertiary/aromatic N) is 5. The number of amides is 3. The van der Waals surface area contributed by atoms with Crippen molar-refractivity contribution in [1.82, 2.24) is 20.1 Å². The lowest BCUT2D eigenvalue weighted by Crippen LogP contribution is -2.32. The summed E-state index contributed by atoms with van der Waals surface area (Å²) in [6, 6.07) is 18.2. The molecule has 0 saturated carbocycles. The predicted octanol–water partition coefficient (Wildman–Crippen LogP) is 7.29. The van der Waals surface area contributed by atoms with E-state index in [0.29, 0.717) is 36.1 Å². The van der Waals surface area contributed by atoms with E-state index >= 15 is 0 Å². The number of aryl methyl sites for hydroxylation is 1. The number of halogens is 3. The number of benzene rings is 3. The lowest BCUT2D eigenvalue weighted by Gasteiger charge is -2.22. The smallest absolute Gasteiger partial charge is 0.406 e. The highest BCUT2D eigenvalue weighted by molar-refractivity contribution is 8.15. The molecule has 9 nitrogen and oxygen atoms in total. The third-order valence-electron chi connectivity index (χ3n) is 6.75. The van der Waals surface area contributed by atoms with Gasteiger partial charge in [0.15, 0.2) is 5.82 Å². The molecule has 3 aromatic carbocycles. The van der Waals surface area contributed by atoms with Gasteiger partial charge >= 0.3 is 12.4 Å². The zero-order valence-electron chi connectivity index (χ0n) is 24.1. The Kier molecular flexibility index (Phi) is 9.04. The Bertz CT molecular complexity index is 1700. The molecule has 4 aromatic rings. The number of anilines is 1. The number of carbonyl (C=O) groups is 2. The standard InChI is InChI=1S/C31H29F3N6O3S/c1-19(2)25-12-7-20(3)15-26(25)40-27(17-44-30(40)42)37-29(41)35-14-13-21-5-4-6-22(16-21)28-36-18-39(38-28)23-8-10-24(11-9-23)43-31(32,33)34/h4-12,15-16,18-19H,13-14,17H2,1-3H3,(H,35,41)/b37-27+. The molecule has 0 aliphatic carbocycles. The van der Waals surface area contributed by atoms with E-state index in [1.807, 2.05) is 49.4 Å². The summed E-state index contributed by atoms with van der Waals surface area (Å²) in [6.45, 7) is 6.39. The van der Waals surface area contributed by atoms with Gasteiger partial charge in [-0.25, -0.2) is 14.5 Å². The van der Waals surface area contributed by atoms with Crippen molar-refractivity contribution < 1.29 is 27.5 Å². The Balaban J connectivity index is 1.21. The molecular formula is C31H29F3N6O3S. The average Bonchev–Trinajstić information content (AvgIpc) is 3.60. The molecule has 0 bridgehead atoms. The summed E-state index contributed by atoms with van der Waals surface area (Å²) in [5.74, 6) is 0.999. The number of thioether (sulfide) groups is 1. The second-order valence-corrected chi connectivity index (χ2v) is 11.3. The number of ether oxygens (including phenoxy) is 1. The summed E-state index contributed by atoms with van der Waals surface area (Å²) in [4.78, 5) is 35.6. The lowest BCUT2D eigenvalue weighted by atomic mass is 9.99. The van der Waals surface area contributed by atoms with Gasteiger partial charge in [0, 0.05) is 12.1 Å². The Morgan fingerprint density at radius 2 is 1.89 bits per heavy atom. The minimum atomic E-state index is -4.76. The van der Waals surface area contributed by atoms with Crippen LogP contribution in [0.3, 0.4) is 0 Å². The van der Waals surface area contributed by atoms with Crippen molar-refractivity contribution in [2.24, 2.45) is 4.99 Å². The summed E-state index contributed by atoms with van der Waals surface area (Å²) in [6.07, 6.45) is -2.78. The zero-order chi connectivity index (χ0) is 31.4. The molecule has 1 aliphatic heterocycles. The highest BCUT2D eigenvalue weighted by Gasteiger charge is 2.33. The number of alkyl halides is 3. The highest BCUT2D eigenvalue weighted by atomic mass is 32.2. The van der Waals surface area contributed by atoms with Crippen LogP contribution in [0.15, 0.2) is 78.0 Å². The fourth-order valence-corrected chi connectivity index (χ4v) is 5.45. The zero-order valence-corrected chi connectivity index (χ0v) is 24.9. The first-order valence-electron chi connectivity index (χ1n) is 13.8. The molecule has 2 heterocycles. The van der Waals surface area contributed by atoms with Gasteiger partial charge in [-0.05, 0) is 72.4 Å². The number of aromatic nitrogens is 3. The predicted molar refractivity (Wildman–Crippen MR) is 164 cm³/mol. The molecule has 1 fully saturated rings. The van der Waals surface area contributed by atoms with Crippen LogP contribution >= 0.6 is 11.8 Å². The van der Waals surface area contributed by atoms with Gasteiger partial charge in [-0.2, -0.15) is 4.99 Å². The second kappa shape index (κ2) is 12.9. The minimum absolute atomic E-state index is 0.163. The molecule has 13 heteroatoms. The normalized spacial score (nSPS) is 14.5. The van der Waals surface area contributed by atoms with Crippen molar-refractivity contribution in [2.75, 3.05) is 17.2 Å². The number of rotatable bonds is 8. The molecule has 44 heavy (non-hydrogen) atoms. The summed E-state index contributed by atoms with van der Waals surface area (Å²) in [7, 11) is 0. The van der Waals surface area contributed by atoms with Crippen LogP contribution < -0.4 is 15.0 Å². The van der Waals surface area contributed by atoms with Crippen LogP contribution in [-0.2, 0) is 6.42 Å². The van der Waals surface area contributed by atoms with Crippen molar-refractivity contribution in [3.8, 4) is 22.8 Å². The first-order chi connectivity index (χ1) is 21.0. The van der Waals surface area contributed by atoms with Crippen molar-refractivity contribution in [3.05, 3.63) is 89.7 Å². The quantitative estimate of drug-likeness (QED) is 0.222. The Labute approximate surface area is 256 Å². The minimum Gasteiger partial charge on any atom is -0.406 e. The molecule has 0 unspecified atom stereocenters. The Morgan fingerprint density at radius 3 is 2.61 bits per heavy atom. The first kappa shape index (κ1) is 30.8. The molecule has 0 spiro atoms. The first-order valence-corrected chi connectivity index (χ1v) is 14.8. The van der Waals surface area contributed by atoms with E-state index in [-0.39, 0.29) is 16.9 Å². The SMILES string of the molecule is Cc1ccc(C(C)C)c(N2C(=O)SC/C2=N\C(=O)NCCc2cccc(-c3ncn(-c4ccc(OC(F)(F)F)cc4)n3)c2)c1. The van der Waals surface area contributed by atoms with E-state index in [1.165, 1.54) is 40.2 Å². The average molecular weight is 623 g/mol. The molecule has 5 rings (SSSR count). The van der Waals surface area contributed by atoms with E-state index in [9.17, 15) is 22.8 Å². The van der Waals surface area contributed by atoms with Crippen LogP contribution in [-0.4, -0.2) is 50.5 Å². The number of amidine groups is 1. The molecule has 1 aromatic heterocycles. The Morgan fingerprint density at radius 1 is 1.11 bits per heavy atom. The number of carbonyl (C=O) groups excluding carboxylic acids is 2. The number of hydrogen-bond donors (Lipinski definition) is 1. The fourth-order valence-electron chi connectivity index (χ4n) is 4.67. The van der Waals surface area contributed by atoms with Crippen LogP contribution in [0.4, 0.5) is 28.4 Å². The molecule has 0 radical (unpaired) electrons. The van der Waals surface area contributed by atoms with Crippen molar-refractivity contribution >= 4 is 34.6 Å². The van der Waals surface area contributed by atoms with Crippen LogP contribution in [0.1, 0.15) is 36.5 Å². The lowest BCUT2D eigenvalue weighted by molar-refractivity contribution is -0.274. The van der Waals surface area contributed by atoms with Gasteiger partial charge in [0.25, 0.3) is 5.24 Å². The molecule has 0 atom stereocenters. The van der Waals surface area contributed by atoms with Crippen molar-refractivity contribution in [1.29, 1.82) is 0 Å². The second-order valence-electron chi connectivity index (χ2n) is 10.4. The van der Waals surface area contributed by atoms with E-state index in [1.54, 1.807) is 0 Å². The molecule has 3 amide bonds. The monoisotopic (exact) mass is 622 g/mol. The van der Waals surface area contributed by atoms with E-state index in [2.05, 4.69) is 39.0 Å². The summed E-state index contributed by atoms with van der Waals surface area (Å²) >= 11 is 1.12. The summed E-state index contributed by atoms with van der Waals surface area (Å²) < 4.78 is 42.6. The van der Waals surface area contributed by atoms with Crippen LogP contribution in [0.2, 0.25) is 0 Å². The van der Waals surface area contributed by atoms with E-state index in [4.69, 9.17) is 0 Å². The van der Waals surface area contributed by atoms with Gasteiger partial charge in [0.05, 0.1) is 17.1 Å². The van der Waals surface area contributed by atoms with E-state index < -0.39 is 12.4 Å². The van der Waals surface area contributed by atoms with Gasteiger partial charge in [-0.15, -0.1) is 18.3 Å². The summed E-state index contributed by atoms with van der Waals surface area (Å²) in [5.41, 5.74) is 4.95. The molecule has 1 saturated heterocycles. The molecule has 1 N–H and O–H groups in total. The van der Waals surface area contributed by atoms with E-state index in [0.717, 1.165) is 39.7 Å². The topological polar surface area (TPSA) is 102 Å². The molecular weight excluding hydrogens is 593 g/mol. The maximum atomic E-state index is 12.8. The number of hydrogen-bond acceptors (Lipinski definition) is 6. The van der Waals surface area contributed by atoms with Crippen molar-refractivity contribution in [3.63, 3.8) is 0 Å². The van der Waals surface area contributed by atoms with Gasteiger partial charge in [-0.1, -0.05) is 55.9 Å². The maximum Gasteiger partial charge on any atom is 0.573 e. The number of urea groups is 1. The van der Waals surface area contributed by atoms with Crippen molar-refractivity contribution in [2.45, 2.75) is 39.5 Å². The summed E-state index contributed by atoms with van der Waals surface area (Å²) in [5, 5.41) is 7.09. The maximum absolute atomic E-state index is 12.8. The van der Waals surface area contributed by atoms with Crippen LogP contribution in [0.5, 0.6) is 5.75 Å². The largest absolute Gasteiger partial charge is 0.573 e. The van der Waals surface area contributed by atoms with Gasteiger partial charge in [0.2, 0.25) is 0 Å². The number of nitrogens with one attached hydrogen (secondary N) is 1. The van der Waals surface area contributed by atoms with Crippen LogP contribution in [0, 0.1) is 6.92 Å². The fraction of sp³-hybridized carbons (Fsp3) is 0.258. The third kappa shape index (κ3) is 7.46. The van der Waals surface area contributed by atoms with Gasteiger partial charge < -0.3 is 10.1 Å².